The molecular weight excluding hydrogens is 681 g/mol. The van der Waals surface area contributed by atoms with Crippen LogP contribution in [0.2, 0.25) is 0 Å². The molecule has 50 heavy (non-hydrogen) atoms. The monoisotopic (exact) mass is 734 g/mol. The quantitative estimate of drug-likeness (QED) is 0.137. The normalized spacial score (nSPS) is 38.1. The lowest BCUT2D eigenvalue weighted by atomic mass is 9.84. The van der Waals surface area contributed by atoms with Crippen LogP contribution in [0.25, 0.3) is 0 Å². The topological polar surface area (TPSA) is 151 Å². The number of nitrogens with zero attached hydrogens (tertiary/aromatic N) is 3. The number of aliphatic hydroxyl groups is 1. The Morgan fingerprint density at radius 2 is 1.86 bits per heavy atom. The number of alkyl halides is 4. The maximum Gasteiger partial charge on any atom is 0.391 e. The predicted molar refractivity (Wildman–Crippen MR) is 181 cm³/mol. The average molecular weight is 735 g/mol. The van der Waals surface area contributed by atoms with Gasteiger partial charge in [0.1, 0.15) is 6.04 Å². The molecule has 5 aliphatic rings. The summed E-state index contributed by atoms with van der Waals surface area (Å²) in [6, 6.07) is -3.22. The van der Waals surface area contributed by atoms with Gasteiger partial charge in [-0.05, 0) is 39.5 Å². The first-order valence-electron chi connectivity index (χ1n) is 17.9. The number of hydrogen-bond acceptors (Lipinski definition) is 11. The van der Waals surface area contributed by atoms with Crippen molar-refractivity contribution in [1.29, 1.82) is 0 Å². The van der Waals surface area contributed by atoms with Crippen molar-refractivity contribution in [2.45, 2.75) is 113 Å². The van der Waals surface area contributed by atoms with Gasteiger partial charge in [0.05, 0.1) is 48.8 Å². The van der Waals surface area contributed by atoms with Gasteiger partial charge in [0.15, 0.2) is 5.78 Å². The van der Waals surface area contributed by atoms with Crippen LogP contribution < -0.4 is 26.6 Å². The number of amides is 2. The summed E-state index contributed by atoms with van der Waals surface area (Å²) in [6.45, 7) is 8.70. The third-order valence-electron chi connectivity index (χ3n) is 11.1. The molecule has 13 nitrogen and oxygen atoms in total. The standard InChI is InChI=1S/C33H54ClF3N8O5/c1-5-24-28(43-8-10-44(11-9-43)32(49)27-29(47)19(3)39-17-40-27)30(48)26-31(41-21(14-38-26)12-18(2)16-50-4)45(24)15-25(46)42-23-7-6-20(13-22(23)34)33(35,36)37/h12,19-24,26-29,31,38-41,47H,5-11,13-17H2,1-4H3,(H,42,46)/b18-12+. The molecule has 2 amide bonds. The van der Waals surface area contributed by atoms with Gasteiger partial charge in [-0.1, -0.05) is 18.6 Å². The fourth-order valence-electron chi connectivity index (χ4n) is 8.37. The first-order chi connectivity index (χ1) is 23.7. The maximum atomic E-state index is 14.4. The van der Waals surface area contributed by atoms with Crippen molar-refractivity contribution in [3.05, 3.63) is 11.6 Å². The van der Waals surface area contributed by atoms with Crippen LogP contribution in [-0.2, 0) is 19.1 Å². The molecule has 0 aromatic heterocycles. The summed E-state index contributed by atoms with van der Waals surface area (Å²) in [6.07, 6.45) is -3.34. The van der Waals surface area contributed by atoms with Crippen molar-refractivity contribution in [3.8, 4) is 0 Å². The van der Waals surface area contributed by atoms with Crippen LogP contribution in [0.4, 0.5) is 13.2 Å². The number of nitrogens with one attached hydrogen (secondary N) is 5. The summed E-state index contributed by atoms with van der Waals surface area (Å²) >= 11 is 6.41. The van der Waals surface area contributed by atoms with Crippen LogP contribution >= 0.6 is 11.6 Å². The van der Waals surface area contributed by atoms with E-state index in [-0.39, 0.29) is 61.5 Å². The van der Waals surface area contributed by atoms with Gasteiger partial charge in [-0.15, -0.1) is 11.6 Å². The average Bonchev–Trinajstić information content (AvgIpc) is 3.07. The van der Waals surface area contributed by atoms with Crippen molar-refractivity contribution in [1.82, 2.24) is 41.3 Å². The molecule has 5 fully saturated rings. The fraction of sp³-hybridized carbons (Fsp3) is 0.848. The Morgan fingerprint density at radius 3 is 2.50 bits per heavy atom. The predicted octanol–water partition coefficient (Wildman–Crippen LogP) is -0.266. The minimum absolute atomic E-state index is 0.0115. The molecule has 0 aromatic carbocycles. The summed E-state index contributed by atoms with van der Waals surface area (Å²) in [5.74, 6) is -2.00. The highest BCUT2D eigenvalue weighted by molar-refractivity contribution is 6.21. The number of carbonyl (C=O) groups is 3. The Labute approximate surface area is 297 Å². The largest absolute Gasteiger partial charge is 0.391 e. The van der Waals surface area contributed by atoms with Crippen LogP contribution in [-0.4, -0.2) is 163 Å². The first kappa shape index (κ1) is 39.3. The SMILES string of the molecule is CCC1C(N2CCN(C(=O)C3NCNC(C)C3O)CC2)C(=O)C2NCC(/C=C(\C)COC)NC2N1CC(=O)NC1CCC(C(F)(F)F)CC1Cl. The Balaban J connectivity index is 1.32. The van der Waals surface area contributed by atoms with E-state index in [4.69, 9.17) is 16.3 Å². The zero-order chi connectivity index (χ0) is 36.3. The number of ketones is 1. The van der Waals surface area contributed by atoms with E-state index in [2.05, 4.69) is 31.5 Å². The Bertz CT molecular complexity index is 1240. The van der Waals surface area contributed by atoms with Crippen LogP contribution in [0.3, 0.4) is 0 Å². The van der Waals surface area contributed by atoms with Gasteiger partial charge in [0.25, 0.3) is 0 Å². The second-order valence-electron chi connectivity index (χ2n) is 14.5. The van der Waals surface area contributed by atoms with E-state index in [1.807, 2.05) is 31.7 Å². The van der Waals surface area contributed by atoms with Gasteiger partial charge in [0.2, 0.25) is 11.8 Å². The number of rotatable bonds is 9. The van der Waals surface area contributed by atoms with Crippen molar-refractivity contribution in [2.24, 2.45) is 5.92 Å². The molecule has 11 unspecified atom stereocenters. The fourth-order valence-corrected chi connectivity index (χ4v) is 8.78. The third-order valence-corrected chi connectivity index (χ3v) is 11.6. The molecule has 4 saturated heterocycles. The lowest BCUT2D eigenvalue weighted by molar-refractivity contribution is -0.182. The number of Topliss-reactive ketones (excluding diaryl/α,β-unsaturated/α-hetero) is 1. The van der Waals surface area contributed by atoms with E-state index < -0.39 is 53.9 Å². The molecule has 1 aliphatic carbocycles. The van der Waals surface area contributed by atoms with Crippen LogP contribution in [0.1, 0.15) is 46.5 Å². The third kappa shape index (κ3) is 8.83. The van der Waals surface area contributed by atoms with E-state index in [1.54, 1.807) is 12.0 Å². The van der Waals surface area contributed by atoms with Gasteiger partial charge in [0, 0.05) is 70.7 Å². The molecule has 0 spiro atoms. The number of aliphatic hydroxyl groups excluding tert-OH is 1. The molecule has 0 aromatic rings. The second kappa shape index (κ2) is 16.8. The molecular formula is C33H54ClF3N8O5. The molecule has 284 valence electrons. The number of carbonyl (C=O) groups excluding carboxylic acids is 3. The number of ether oxygens (including phenoxy) is 1. The minimum Gasteiger partial charge on any atom is -0.389 e. The number of likely N-dealkylation sites (tertiary alicyclic amines) is 1. The van der Waals surface area contributed by atoms with Crippen molar-refractivity contribution >= 4 is 29.2 Å². The number of hydrogen-bond donors (Lipinski definition) is 6. The zero-order valence-electron chi connectivity index (χ0n) is 29.3. The van der Waals surface area contributed by atoms with Crippen molar-refractivity contribution < 1.29 is 37.4 Å². The summed E-state index contributed by atoms with van der Waals surface area (Å²) in [5, 5.41) is 25.9. The highest BCUT2D eigenvalue weighted by Crippen LogP contribution is 2.39. The molecule has 11 atom stereocenters. The van der Waals surface area contributed by atoms with Crippen molar-refractivity contribution in [2.75, 3.05) is 59.7 Å². The van der Waals surface area contributed by atoms with Crippen LogP contribution in [0.15, 0.2) is 11.6 Å². The second-order valence-corrected chi connectivity index (χ2v) is 15.1. The van der Waals surface area contributed by atoms with Crippen LogP contribution in [0, 0.1) is 5.92 Å². The number of piperazine rings is 2. The summed E-state index contributed by atoms with van der Waals surface area (Å²) < 4.78 is 45.4. The van der Waals surface area contributed by atoms with Crippen LogP contribution in [0.5, 0.6) is 0 Å². The number of methoxy groups -OCH3 is 1. The van der Waals surface area contributed by atoms with E-state index in [1.165, 1.54) is 0 Å². The molecule has 17 heteroatoms. The van der Waals surface area contributed by atoms with E-state index in [0.717, 1.165) is 5.57 Å². The summed E-state index contributed by atoms with van der Waals surface area (Å²) in [7, 11) is 1.62. The Morgan fingerprint density at radius 1 is 1.14 bits per heavy atom. The smallest absolute Gasteiger partial charge is 0.389 e. The van der Waals surface area contributed by atoms with Gasteiger partial charge in [-0.3, -0.25) is 40.1 Å². The maximum absolute atomic E-state index is 14.4. The zero-order valence-corrected chi connectivity index (χ0v) is 30.1. The van der Waals surface area contributed by atoms with E-state index in [0.29, 0.717) is 52.4 Å². The molecule has 1 saturated carbocycles. The molecule has 6 N–H and O–H groups in total. The van der Waals surface area contributed by atoms with Crippen molar-refractivity contribution in [3.63, 3.8) is 0 Å². The first-order valence-corrected chi connectivity index (χ1v) is 18.3. The molecule has 5 rings (SSSR count). The van der Waals surface area contributed by atoms with E-state index >= 15 is 0 Å². The molecule has 0 bridgehead atoms. The van der Waals surface area contributed by atoms with Gasteiger partial charge < -0.3 is 25.4 Å². The summed E-state index contributed by atoms with van der Waals surface area (Å²) in [4.78, 5) is 47.3. The lowest BCUT2D eigenvalue weighted by Gasteiger charge is -2.55. The summed E-state index contributed by atoms with van der Waals surface area (Å²) in [5.41, 5.74) is 1.01. The minimum atomic E-state index is -4.32. The molecule has 0 radical (unpaired) electrons. The highest BCUT2D eigenvalue weighted by Gasteiger charge is 2.53. The number of halogens is 4. The Kier molecular flexibility index (Phi) is 13.2. The highest BCUT2D eigenvalue weighted by atomic mass is 35.5. The van der Waals surface area contributed by atoms with Gasteiger partial charge in [-0.2, -0.15) is 13.2 Å². The van der Waals surface area contributed by atoms with Gasteiger partial charge >= 0.3 is 6.18 Å². The number of piperidine rings is 1. The van der Waals surface area contributed by atoms with Gasteiger partial charge in [-0.25, -0.2) is 0 Å². The molecule has 4 aliphatic heterocycles. The number of fused-ring (bicyclic) bond motifs is 1. The lowest BCUT2D eigenvalue weighted by Crippen LogP contribution is -2.79. The van der Waals surface area contributed by atoms with E-state index in [9.17, 15) is 32.7 Å². The Hall–Kier alpha value is -1.89. The molecule has 4 heterocycles.